The van der Waals surface area contributed by atoms with Crippen LogP contribution >= 0.6 is 0 Å². The number of ether oxygens (including phenoxy) is 2. The number of nitrogens with zero attached hydrogens (tertiary/aromatic N) is 1. The summed E-state index contributed by atoms with van der Waals surface area (Å²) in [4.78, 5) is 26.9. The van der Waals surface area contributed by atoms with Crippen molar-refractivity contribution in [3.8, 4) is 16.9 Å². The Labute approximate surface area is 177 Å². The number of primary amides is 1. The number of methoxy groups -OCH3 is 1. The molecule has 2 fully saturated rings. The first-order chi connectivity index (χ1) is 14.5. The highest BCUT2D eigenvalue weighted by atomic mass is 16.5. The second kappa shape index (κ2) is 8.48. The molecule has 0 aromatic heterocycles. The number of carbonyl (C=O) groups is 2. The van der Waals surface area contributed by atoms with Crippen LogP contribution < -0.4 is 10.5 Å². The smallest absolute Gasteiger partial charge is 0.251 e. The summed E-state index contributed by atoms with van der Waals surface area (Å²) in [5.41, 5.74) is 8.19. The average Bonchev–Trinajstić information content (AvgIpc) is 3.45. The molecular formula is C24H28N2O4. The van der Waals surface area contributed by atoms with Crippen LogP contribution in [0.1, 0.15) is 24.8 Å². The van der Waals surface area contributed by atoms with Gasteiger partial charge in [-0.2, -0.15) is 0 Å². The van der Waals surface area contributed by atoms with Gasteiger partial charge in [0.25, 0.3) is 5.91 Å². The molecule has 2 aromatic carbocycles. The van der Waals surface area contributed by atoms with Gasteiger partial charge in [-0.05, 0) is 42.9 Å². The fourth-order valence-electron chi connectivity index (χ4n) is 4.55. The van der Waals surface area contributed by atoms with Gasteiger partial charge in [0.05, 0.1) is 12.5 Å². The summed E-state index contributed by atoms with van der Waals surface area (Å²) >= 11 is 0. The van der Waals surface area contributed by atoms with Gasteiger partial charge >= 0.3 is 0 Å². The Balaban J connectivity index is 1.50. The summed E-state index contributed by atoms with van der Waals surface area (Å²) in [5.74, 6) is 0.457. The van der Waals surface area contributed by atoms with Gasteiger partial charge in [-0.25, -0.2) is 0 Å². The van der Waals surface area contributed by atoms with Gasteiger partial charge in [0.1, 0.15) is 11.9 Å². The molecule has 6 heteroatoms. The molecule has 0 radical (unpaired) electrons. The van der Waals surface area contributed by atoms with E-state index in [4.69, 9.17) is 15.2 Å². The molecule has 0 spiro atoms. The van der Waals surface area contributed by atoms with E-state index in [0.717, 1.165) is 35.3 Å². The fourth-order valence-corrected chi connectivity index (χ4v) is 4.55. The second-order valence-corrected chi connectivity index (χ2v) is 8.23. The van der Waals surface area contributed by atoms with Gasteiger partial charge in [-0.15, -0.1) is 0 Å². The Kier molecular flexibility index (Phi) is 5.77. The Morgan fingerprint density at radius 2 is 1.97 bits per heavy atom. The van der Waals surface area contributed by atoms with E-state index in [9.17, 15) is 9.59 Å². The number of para-hydroxylation sites is 1. The number of benzene rings is 2. The Morgan fingerprint density at radius 3 is 2.63 bits per heavy atom. The zero-order chi connectivity index (χ0) is 21.1. The van der Waals surface area contributed by atoms with Crippen LogP contribution in [0.5, 0.6) is 5.75 Å². The van der Waals surface area contributed by atoms with Crippen molar-refractivity contribution in [3.63, 3.8) is 0 Å². The summed E-state index contributed by atoms with van der Waals surface area (Å²) in [6, 6.07) is 16.0. The van der Waals surface area contributed by atoms with Crippen molar-refractivity contribution in [2.24, 2.45) is 11.1 Å². The molecule has 158 valence electrons. The van der Waals surface area contributed by atoms with Crippen molar-refractivity contribution in [2.75, 3.05) is 26.8 Å². The number of nitrogens with two attached hydrogens (primary N) is 1. The van der Waals surface area contributed by atoms with Crippen LogP contribution in [0.15, 0.2) is 48.5 Å². The first-order valence-corrected chi connectivity index (χ1v) is 10.4. The number of rotatable bonds is 6. The highest BCUT2D eigenvalue weighted by Gasteiger charge is 2.46. The van der Waals surface area contributed by atoms with E-state index < -0.39 is 5.41 Å². The molecule has 2 aliphatic heterocycles. The normalized spacial score (nSPS) is 23.5. The zero-order valence-corrected chi connectivity index (χ0v) is 17.3. The van der Waals surface area contributed by atoms with E-state index in [-0.39, 0.29) is 17.9 Å². The number of carbonyl (C=O) groups excluding carboxylic acids is 2. The van der Waals surface area contributed by atoms with E-state index in [0.29, 0.717) is 32.5 Å². The second-order valence-electron chi connectivity index (χ2n) is 8.23. The number of hydrogen-bond donors (Lipinski definition) is 1. The molecule has 2 atom stereocenters. The maximum absolute atomic E-state index is 12.7. The molecule has 0 aliphatic carbocycles. The molecule has 0 bridgehead atoms. The van der Waals surface area contributed by atoms with E-state index in [1.165, 1.54) is 0 Å². The summed E-state index contributed by atoms with van der Waals surface area (Å²) in [7, 11) is 1.66. The van der Waals surface area contributed by atoms with Crippen molar-refractivity contribution in [1.29, 1.82) is 0 Å². The van der Waals surface area contributed by atoms with Crippen molar-refractivity contribution < 1.29 is 19.1 Å². The van der Waals surface area contributed by atoms with Crippen LogP contribution in [0.25, 0.3) is 11.1 Å². The van der Waals surface area contributed by atoms with E-state index in [1.807, 2.05) is 48.5 Å². The SMILES string of the molecule is COc1ccccc1-c1ccc(C[C@]2(C(N)=O)CCN(C(=O)[C@@H]3CCCO3)C2)cc1. The van der Waals surface area contributed by atoms with Crippen LogP contribution in [0.4, 0.5) is 0 Å². The maximum atomic E-state index is 12.7. The van der Waals surface area contributed by atoms with Crippen LogP contribution in [0.3, 0.4) is 0 Å². The quantitative estimate of drug-likeness (QED) is 0.797. The van der Waals surface area contributed by atoms with E-state index >= 15 is 0 Å². The molecule has 2 N–H and O–H groups in total. The minimum atomic E-state index is -0.736. The van der Waals surface area contributed by atoms with Gasteiger partial charge in [-0.1, -0.05) is 42.5 Å². The average molecular weight is 408 g/mol. The predicted octanol–water partition coefficient (Wildman–Crippen LogP) is 2.79. The molecule has 2 saturated heterocycles. The van der Waals surface area contributed by atoms with Crippen molar-refractivity contribution >= 4 is 11.8 Å². The largest absolute Gasteiger partial charge is 0.496 e. The Morgan fingerprint density at radius 1 is 1.20 bits per heavy atom. The highest BCUT2D eigenvalue weighted by molar-refractivity contribution is 5.86. The summed E-state index contributed by atoms with van der Waals surface area (Å²) in [6.07, 6.45) is 2.39. The van der Waals surface area contributed by atoms with Crippen LogP contribution in [0.2, 0.25) is 0 Å². The third-order valence-electron chi connectivity index (χ3n) is 6.31. The molecule has 4 rings (SSSR count). The lowest BCUT2D eigenvalue weighted by Crippen LogP contribution is -2.44. The number of likely N-dealkylation sites (tertiary alicyclic amines) is 1. The van der Waals surface area contributed by atoms with Crippen LogP contribution in [0, 0.1) is 5.41 Å². The third kappa shape index (κ3) is 3.92. The van der Waals surface area contributed by atoms with Crippen LogP contribution in [-0.2, 0) is 20.7 Å². The minimum Gasteiger partial charge on any atom is -0.496 e. The molecule has 30 heavy (non-hydrogen) atoms. The van der Waals surface area contributed by atoms with Gasteiger partial charge < -0.3 is 20.1 Å². The molecule has 0 saturated carbocycles. The van der Waals surface area contributed by atoms with E-state index in [2.05, 4.69) is 0 Å². The van der Waals surface area contributed by atoms with Crippen molar-refractivity contribution in [1.82, 2.24) is 4.90 Å². The topological polar surface area (TPSA) is 81.9 Å². The summed E-state index contributed by atoms with van der Waals surface area (Å²) < 4.78 is 11.0. The minimum absolute atomic E-state index is 0.0119. The van der Waals surface area contributed by atoms with Gasteiger partial charge in [0.15, 0.2) is 0 Å². The van der Waals surface area contributed by atoms with Crippen molar-refractivity contribution in [2.45, 2.75) is 31.8 Å². The predicted molar refractivity (Wildman–Crippen MR) is 114 cm³/mol. The molecule has 2 aromatic rings. The third-order valence-corrected chi connectivity index (χ3v) is 6.31. The van der Waals surface area contributed by atoms with Crippen LogP contribution in [-0.4, -0.2) is 49.6 Å². The monoisotopic (exact) mass is 408 g/mol. The zero-order valence-electron chi connectivity index (χ0n) is 17.3. The lowest BCUT2D eigenvalue weighted by molar-refractivity contribution is -0.140. The molecular weight excluding hydrogens is 380 g/mol. The molecule has 2 heterocycles. The highest BCUT2D eigenvalue weighted by Crippen LogP contribution is 2.36. The molecule has 6 nitrogen and oxygen atoms in total. The lowest BCUT2D eigenvalue weighted by Gasteiger charge is -2.27. The fraction of sp³-hybridized carbons (Fsp3) is 0.417. The Hall–Kier alpha value is -2.86. The summed E-state index contributed by atoms with van der Waals surface area (Å²) in [6.45, 7) is 1.53. The van der Waals surface area contributed by atoms with Gasteiger partial charge in [0.2, 0.25) is 5.91 Å². The van der Waals surface area contributed by atoms with E-state index in [1.54, 1.807) is 12.0 Å². The van der Waals surface area contributed by atoms with Gasteiger partial charge in [-0.3, -0.25) is 9.59 Å². The molecule has 2 aliphatic rings. The first-order valence-electron chi connectivity index (χ1n) is 10.4. The van der Waals surface area contributed by atoms with Gasteiger partial charge in [0, 0.05) is 25.3 Å². The summed E-state index contributed by atoms with van der Waals surface area (Å²) in [5, 5.41) is 0. The van der Waals surface area contributed by atoms with Crippen molar-refractivity contribution in [3.05, 3.63) is 54.1 Å². The standard InChI is InChI=1S/C24H28N2O4/c1-29-20-6-3-2-5-19(20)18-10-8-17(9-11-18)15-24(23(25)28)12-13-26(16-24)22(27)21-7-4-14-30-21/h2-3,5-6,8-11,21H,4,7,12-16H2,1H3,(H2,25,28)/t21-,24+/m0/s1. The lowest BCUT2D eigenvalue weighted by atomic mass is 9.80. The maximum Gasteiger partial charge on any atom is 0.251 e. The number of amides is 2. The number of hydrogen-bond acceptors (Lipinski definition) is 4. The Bertz CT molecular complexity index is 921. The molecule has 0 unspecified atom stereocenters. The molecule has 2 amide bonds. The first kappa shape index (κ1) is 20.4.